The van der Waals surface area contributed by atoms with Crippen molar-refractivity contribution in [2.24, 2.45) is 0 Å². The highest BCUT2D eigenvalue weighted by atomic mass is 16.5. The second-order valence-corrected chi connectivity index (χ2v) is 5.19. The van der Waals surface area contributed by atoms with Gasteiger partial charge in [0.2, 0.25) is 5.91 Å². The topological polar surface area (TPSA) is 54.0 Å². The van der Waals surface area contributed by atoms with Crippen LogP contribution in [0.3, 0.4) is 0 Å². The van der Waals surface area contributed by atoms with Gasteiger partial charge < -0.3 is 14.4 Å². The van der Waals surface area contributed by atoms with Gasteiger partial charge >= 0.3 is 0 Å². The number of likely N-dealkylation sites (N-methyl/N-ethyl adjacent to an activating group) is 1. The Bertz CT molecular complexity index is 485. The zero-order valence-electron chi connectivity index (χ0n) is 12.9. The molecule has 0 unspecified atom stereocenters. The molecule has 0 atom stereocenters. The summed E-state index contributed by atoms with van der Waals surface area (Å²) in [5.41, 5.74) is 3.85. The van der Waals surface area contributed by atoms with Crippen LogP contribution in [0.25, 0.3) is 0 Å². The number of carbonyl (C=O) groups excluding carboxylic acids is 1. The molecule has 1 aliphatic heterocycles. The molecule has 1 heterocycles. The minimum atomic E-state index is -0.00762. The molecule has 1 fully saturated rings. The number of hydrogen-bond acceptors (Lipinski definition) is 5. The molecule has 1 N–H and O–H groups in total. The van der Waals surface area contributed by atoms with E-state index in [4.69, 9.17) is 9.47 Å². The zero-order chi connectivity index (χ0) is 15.2. The largest absolute Gasteiger partial charge is 0.493 e. The predicted molar refractivity (Wildman–Crippen MR) is 80.5 cm³/mol. The minimum Gasteiger partial charge on any atom is -0.493 e. The minimum absolute atomic E-state index is 0.00762. The first-order valence-electron chi connectivity index (χ1n) is 7.06. The Kier molecular flexibility index (Phi) is 5.41. The lowest BCUT2D eigenvalue weighted by atomic mass is 10.1. The SMILES string of the molecule is COc1ccc(CC(=O)NN2CCN(C)CC2)cc1OC. The van der Waals surface area contributed by atoms with Gasteiger partial charge in [-0.1, -0.05) is 6.07 Å². The van der Waals surface area contributed by atoms with Gasteiger partial charge in [-0.05, 0) is 24.7 Å². The van der Waals surface area contributed by atoms with Gasteiger partial charge in [0.1, 0.15) is 0 Å². The van der Waals surface area contributed by atoms with Crippen molar-refractivity contribution in [3.05, 3.63) is 23.8 Å². The lowest BCUT2D eigenvalue weighted by Crippen LogP contribution is -2.52. The van der Waals surface area contributed by atoms with Gasteiger partial charge in [0.15, 0.2) is 11.5 Å². The van der Waals surface area contributed by atoms with Gasteiger partial charge in [-0.2, -0.15) is 0 Å². The third kappa shape index (κ3) is 4.34. The summed E-state index contributed by atoms with van der Waals surface area (Å²) in [4.78, 5) is 14.3. The van der Waals surface area contributed by atoms with E-state index >= 15 is 0 Å². The molecule has 116 valence electrons. The van der Waals surface area contributed by atoms with Crippen molar-refractivity contribution in [3.8, 4) is 11.5 Å². The zero-order valence-corrected chi connectivity index (χ0v) is 12.9. The van der Waals surface area contributed by atoms with Crippen molar-refractivity contribution in [2.75, 3.05) is 47.4 Å². The molecule has 6 nitrogen and oxygen atoms in total. The highest BCUT2D eigenvalue weighted by molar-refractivity contribution is 5.78. The smallest absolute Gasteiger partial charge is 0.238 e. The number of nitrogens with zero attached hydrogens (tertiary/aromatic N) is 2. The second kappa shape index (κ2) is 7.28. The van der Waals surface area contributed by atoms with Crippen LogP contribution < -0.4 is 14.9 Å². The highest BCUT2D eigenvalue weighted by Gasteiger charge is 2.16. The summed E-state index contributed by atoms with van der Waals surface area (Å²) < 4.78 is 10.4. The van der Waals surface area contributed by atoms with Gasteiger partial charge in [-0.15, -0.1) is 0 Å². The third-order valence-corrected chi connectivity index (χ3v) is 3.60. The number of benzene rings is 1. The lowest BCUT2D eigenvalue weighted by molar-refractivity contribution is -0.126. The first-order valence-corrected chi connectivity index (χ1v) is 7.06. The molecule has 1 aliphatic rings. The van der Waals surface area contributed by atoms with Crippen LogP contribution in [0.2, 0.25) is 0 Å². The Morgan fingerprint density at radius 1 is 1.14 bits per heavy atom. The number of rotatable bonds is 5. The average molecular weight is 293 g/mol. The number of ether oxygens (including phenoxy) is 2. The molecule has 6 heteroatoms. The van der Waals surface area contributed by atoms with Crippen LogP contribution in [0.1, 0.15) is 5.56 Å². The van der Waals surface area contributed by atoms with Crippen molar-refractivity contribution in [1.29, 1.82) is 0 Å². The summed E-state index contributed by atoms with van der Waals surface area (Å²) in [6.07, 6.45) is 0.326. The molecule has 0 spiro atoms. The van der Waals surface area contributed by atoms with Crippen LogP contribution in [-0.2, 0) is 11.2 Å². The molecule has 1 aromatic carbocycles. The Hall–Kier alpha value is -1.79. The normalized spacial score (nSPS) is 16.5. The number of methoxy groups -OCH3 is 2. The van der Waals surface area contributed by atoms with Crippen molar-refractivity contribution in [2.45, 2.75) is 6.42 Å². The Balaban J connectivity index is 1.90. The van der Waals surface area contributed by atoms with Gasteiger partial charge in [0.05, 0.1) is 20.6 Å². The summed E-state index contributed by atoms with van der Waals surface area (Å²) >= 11 is 0. The van der Waals surface area contributed by atoms with E-state index in [0.29, 0.717) is 17.9 Å². The van der Waals surface area contributed by atoms with E-state index in [2.05, 4.69) is 17.4 Å². The van der Waals surface area contributed by atoms with Crippen LogP contribution >= 0.6 is 0 Å². The maximum absolute atomic E-state index is 12.1. The monoisotopic (exact) mass is 293 g/mol. The van der Waals surface area contributed by atoms with Gasteiger partial charge in [-0.25, -0.2) is 5.01 Å². The Labute approximate surface area is 125 Å². The molecule has 2 rings (SSSR count). The molecule has 1 aromatic rings. The van der Waals surface area contributed by atoms with Crippen LogP contribution in [0.5, 0.6) is 11.5 Å². The second-order valence-electron chi connectivity index (χ2n) is 5.19. The van der Waals surface area contributed by atoms with Crippen LogP contribution in [0.4, 0.5) is 0 Å². The van der Waals surface area contributed by atoms with Gasteiger partial charge in [0, 0.05) is 26.2 Å². The number of hydrazine groups is 1. The van der Waals surface area contributed by atoms with Crippen molar-refractivity contribution < 1.29 is 14.3 Å². The van der Waals surface area contributed by atoms with Gasteiger partial charge in [-0.3, -0.25) is 10.2 Å². The lowest BCUT2D eigenvalue weighted by Gasteiger charge is -2.32. The maximum Gasteiger partial charge on any atom is 0.238 e. The van der Waals surface area contributed by atoms with Crippen LogP contribution in [0.15, 0.2) is 18.2 Å². The standard InChI is InChI=1S/C15H23N3O3/c1-17-6-8-18(9-7-17)16-15(19)11-12-4-5-13(20-2)14(10-12)21-3/h4-5,10H,6-9,11H2,1-3H3,(H,16,19). The average Bonchev–Trinajstić information content (AvgIpc) is 2.49. The summed E-state index contributed by atoms with van der Waals surface area (Å²) in [6.45, 7) is 3.65. The molecule has 0 radical (unpaired) electrons. The van der Waals surface area contributed by atoms with E-state index in [1.807, 2.05) is 23.2 Å². The number of piperazine rings is 1. The highest BCUT2D eigenvalue weighted by Crippen LogP contribution is 2.27. The van der Waals surface area contributed by atoms with Crippen molar-refractivity contribution in [3.63, 3.8) is 0 Å². The van der Waals surface area contributed by atoms with Crippen molar-refractivity contribution >= 4 is 5.91 Å². The van der Waals surface area contributed by atoms with E-state index in [1.54, 1.807) is 14.2 Å². The summed E-state index contributed by atoms with van der Waals surface area (Å²) in [7, 11) is 5.27. The Morgan fingerprint density at radius 2 is 1.81 bits per heavy atom. The molecule has 0 aromatic heterocycles. The molecule has 1 amide bonds. The summed E-state index contributed by atoms with van der Waals surface area (Å²) in [5.74, 6) is 1.30. The maximum atomic E-state index is 12.1. The van der Waals surface area contributed by atoms with E-state index < -0.39 is 0 Å². The number of amides is 1. The molecular formula is C15H23N3O3. The molecule has 21 heavy (non-hydrogen) atoms. The molecule has 0 bridgehead atoms. The van der Waals surface area contributed by atoms with E-state index in [-0.39, 0.29) is 5.91 Å². The number of hydrogen-bond donors (Lipinski definition) is 1. The van der Waals surface area contributed by atoms with E-state index in [0.717, 1.165) is 31.7 Å². The third-order valence-electron chi connectivity index (χ3n) is 3.60. The fraction of sp³-hybridized carbons (Fsp3) is 0.533. The first kappa shape index (κ1) is 15.6. The first-order chi connectivity index (χ1) is 10.1. The summed E-state index contributed by atoms with van der Waals surface area (Å²) in [5, 5.41) is 1.98. The fourth-order valence-electron chi connectivity index (χ4n) is 2.31. The van der Waals surface area contributed by atoms with E-state index in [9.17, 15) is 4.79 Å². The van der Waals surface area contributed by atoms with Crippen LogP contribution in [0, 0.1) is 0 Å². The Morgan fingerprint density at radius 3 is 2.43 bits per heavy atom. The summed E-state index contributed by atoms with van der Waals surface area (Å²) in [6, 6.07) is 5.53. The molecule has 0 aliphatic carbocycles. The van der Waals surface area contributed by atoms with Crippen LogP contribution in [-0.4, -0.2) is 63.3 Å². The molecule has 0 saturated carbocycles. The predicted octanol–water partition coefficient (Wildman–Crippen LogP) is 0.525. The molecular weight excluding hydrogens is 270 g/mol. The van der Waals surface area contributed by atoms with Gasteiger partial charge in [0.25, 0.3) is 0 Å². The quantitative estimate of drug-likeness (QED) is 0.858. The fourth-order valence-corrected chi connectivity index (χ4v) is 2.31. The molecule has 1 saturated heterocycles. The number of carbonyl (C=O) groups is 1. The van der Waals surface area contributed by atoms with Crippen molar-refractivity contribution in [1.82, 2.24) is 15.3 Å². The van der Waals surface area contributed by atoms with E-state index in [1.165, 1.54) is 0 Å². The number of nitrogens with one attached hydrogen (secondary N) is 1.